The molecule has 0 amide bonds. The fourth-order valence-electron chi connectivity index (χ4n) is 6.69. The predicted molar refractivity (Wildman–Crippen MR) is 192 cm³/mol. The Morgan fingerprint density at radius 3 is 2.11 bits per heavy atom. The fourth-order valence-corrected chi connectivity index (χ4v) is 6.69. The lowest BCUT2D eigenvalue weighted by Gasteiger charge is -2.17. The predicted octanol–water partition coefficient (Wildman–Crippen LogP) is 11.1. The second-order valence-electron chi connectivity index (χ2n) is 12.0. The van der Waals surface area contributed by atoms with Gasteiger partial charge < -0.3 is 4.42 Å². The molecule has 1 aliphatic carbocycles. The summed E-state index contributed by atoms with van der Waals surface area (Å²) in [4.78, 5) is 15.2. The first kappa shape index (κ1) is 27.2. The maximum absolute atomic E-state index is 6.63. The highest BCUT2D eigenvalue weighted by molar-refractivity contribution is 6.15. The summed E-state index contributed by atoms with van der Waals surface area (Å²) >= 11 is 0. The van der Waals surface area contributed by atoms with Gasteiger partial charge in [-0.2, -0.15) is 0 Å². The highest BCUT2D eigenvalue weighted by Gasteiger charge is 2.21. The van der Waals surface area contributed by atoms with Gasteiger partial charge in [-0.05, 0) is 40.5 Å². The minimum atomic E-state index is 0.331. The van der Waals surface area contributed by atoms with Crippen LogP contribution < -0.4 is 0 Å². The number of aromatic nitrogens is 3. The van der Waals surface area contributed by atoms with Crippen LogP contribution in [0.3, 0.4) is 0 Å². The van der Waals surface area contributed by atoms with E-state index in [-0.39, 0.29) is 0 Å². The fraction of sp³-hybridized carbons (Fsp3) is 0.0465. The average molecular weight is 604 g/mol. The molecule has 4 heteroatoms. The van der Waals surface area contributed by atoms with E-state index in [9.17, 15) is 0 Å². The van der Waals surface area contributed by atoms with Crippen LogP contribution in [0.5, 0.6) is 0 Å². The van der Waals surface area contributed by atoms with Crippen LogP contribution in [0.15, 0.2) is 162 Å². The molecule has 8 aromatic rings. The van der Waals surface area contributed by atoms with Crippen LogP contribution in [0, 0.1) is 0 Å². The van der Waals surface area contributed by atoms with Crippen molar-refractivity contribution in [2.24, 2.45) is 0 Å². The van der Waals surface area contributed by atoms with Gasteiger partial charge in [-0.25, -0.2) is 15.0 Å². The lowest BCUT2D eigenvalue weighted by atomic mass is 9.90. The van der Waals surface area contributed by atoms with Gasteiger partial charge in [0.05, 0.1) is 0 Å². The summed E-state index contributed by atoms with van der Waals surface area (Å²) < 4.78 is 6.63. The monoisotopic (exact) mass is 603 g/mol. The van der Waals surface area contributed by atoms with E-state index in [1.54, 1.807) is 0 Å². The van der Waals surface area contributed by atoms with E-state index in [4.69, 9.17) is 19.4 Å². The highest BCUT2D eigenvalue weighted by Crippen LogP contribution is 2.41. The molecule has 47 heavy (non-hydrogen) atoms. The Bertz CT molecular complexity index is 2490. The molecule has 0 N–H and O–H groups in total. The number of hydrogen-bond donors (Lipinski definition) is 0. The minimum absolute atomic E-state index is 0.331. The van der Waals surface area contributed by atoms with Crippen molar-refractivity contribution in [3.63, 3.8) is 0 Å². The van der Waals surface area contributed by atoms with Crippen molar-refractivity contribution in [1.29, 1.82) is 0 Å². The number of benzene rings is 6. The zero-order valence-corrected chi connectivity index (χ0v) is 25.5. The van der Waals surface area contributed by atoms with Crippen LogP contribution in [0.25, 0.3) is 72.2 Å². The molecule has 4 nitrogen and oxygen atoms in total. The zero-order valence-electron chi connectivity index (χ0n) is 25.5. The van der Waals surface area contributed by atoms with Crippen LogP contribution in [-0.2, 0) is 0 Å². The van der Waals surface area contributed by atoms with Gasteiger partial charge in [-0.1, -0.05) is 146 Å². The minimum Gasteiger partial charge on any atom is -0.455 e. The van der Waals surface area contributed by atoms with Crippen molar-refractivity contribution >= 4 is 38.3 Å². The third-order valence-corrected chi connectivity index (χ3v) is 9.08. The first-order valence-electron chi connectivity index (χ1n) is 16.0. The van der Waals surface area contributed by atoms with Crippen LogP contribution in [0.4, 0.5) is 0 Å². The van der Waals surface area contributed by atoms with Gasteiger partial charge >= 0.3 is 0 Å². The Hall–Kier alpha value is -6.13. The molecule has 222 valence electrons. The summed E-state index contributed by atoms with van der Waals surface area (Å²) in [7, 11) is 0. The molecule has 1 atom stereocenters. The standard InChI is InChI=1S/C43H29N3O/c1-3-11-28(12-4-1)30-21-24-32(25-22-30)42-44-41(31-14-5-2-6-15-31)45-43(46-42)37-19-10-20-38-39(37)36-18-9-17-35(40(36)47-38)34-26-23-29-13-7-8-16-33(29)27-34/h1-21,23-27,30H,22H2. The van der Waals surface area contributed by atoms with Gasteiger partial charge in [0, 0.05) is 39.0 Å². The molecule has 0 saturated carbocycles. The van der Waals surface area contributed by atoms with Gasteiger partial charge in [0.1, 0.15) is 11.2 Å². The number of fused-ring (bicyclic) bond motifs is 4. The molecular weight excluding hydrogens is 574 g/mol. The summed E-state index contributed by atoms with van der Waals surface area (Å²) in [5.74, 6) is 2.26. The van der Waals surface area contributed by atoms with Crippen molar-refractivity contribution < 1.29 is 4.42 Å². The lowest BCUT2D eigenvalue weighted by molar-refractivity contribution is 0.670. The highest BCUT2D eigenvalue weighted by atomic mass is 16.3. The summed E-state index contributed by atoms with van der Waals surface area (Å²) in [5, 5.41) is 4.45. The van der Waals surface area contributed by atoms with Gasteiger partial charge in [0.15, 0.2) is 17.5 Å². The zero-order chi connectivity index (χ0) is 31.2. The summed E-state index contributed by atoms with van der Waals surface area (Å²) in [6, 6.07) is 48.3. The Labute approximate surface area is 272 Å². The Morgan fingerprint density at radius 2 is 1.28 bits per heavy atom. The van der Waals surface area contributed by atoms with Gasteiger partial charge in [-0.15, -0.1) is 0 Å². The molecular formula is C43H29N3O. The summed E-state index contributed by atoms with van der Waals surface area (Å²) in [6.45, 7) is 0. The normalized spacial score (nSPS) is 14.6. The Morgan fingerprint density at radius 1 is 0.553 bits per heavy atom. The first-order chi connectivity index (χ1) is 23.3. The maximum Gasteiger partial charge on any atom is 0.164 e. The lowest BCUT2D eigenvalue weighted by Crippen LogP contribution is -2.05. The SMILES string of the molecule is C1=CC(c2ccccc2)CC=C1c1nc(-c2ccccc2)nc(-c2cccc3oc4c(-c5ccc6ccccc6c5)cccc4c23)n1. The van der Waals surface area contributed by atoms with Crippen LogP contribution in [-0.4, -0.2) is 15.0 Å². The van der Waals surface area contributed by atoms with Crippen molar-refractivity contribution in [3.05, 3.63) is 169 Å². The van der Waals surface area contributed by atoms with E-state index >= 15 is 0 Å². The van der Waals surface area contributed by atoms with E-state index in [2.05, 4.69) is 115 Å². The topological polar surface area (TPSA) is 51.8 Å². The maximum atomic E-state index is 6.63. The van der Waals surface area contributed by atoms with E-state index in [1.807, 2.05) is 42.5 Å². The molecule has 2 heterocycles. The van der Waals surface area contributed by atoms with Crippen molar-refractivity contribution in [2.45, 2.75) is 12.3 Å². The molecule has 0 aliphatic heterocycles. The molecule has 0 saturated heterocycles. The van der Waals surface area contributed by atoms with E-state index < -0.39 is 0 Å². The molecule has 6 aromatic carbocycles. The molecule has 2 aromatic heterocycles. The van der Waals surface area contributed by atoms with Gasteiger partial charge in [0.2, 0.25) is 0 Å². The molecule has 0 radical (unpaired) electrons. The van der Waals surface area contributed by atoms with Crippen molar-refractivity contribution in [1.82, 2.24) is 15.0 Å². The third-order valence-electron chi connectivity index (χ3n) is 9.08. The Balaban J connectivity index is 1.19. The van der Waals surface area contributed by atoms with E-state index in [0.717, 1.165) is 56.2 Å². The second kappa shape index (κ2) is 11.3. The number of rotatable bonds is 5. The Kier molecular flexibility index (Phi) is 6.57. The van der Waals surface area contributed by atoms with Crippen LogP contribution >= 0.6 is 0 Å². The van der Waals surface area contributed by atoms with Gasteiger partial charge in [0.25, 0.3) is 0 Å². The van der Waals surface area contributed by atoms with E-state index in [1.165, 1.54) is 16.3 Å². The summed E-state index contributed by atoms with van der Waals surface area (Å²) in [6.07, 6.45) is 7.54. The molecule has 0 fully saturated rings. The number of allylic oxidation sites excluding steroid dienone is 4. The number of hydrogen-bond acceptors (Lipinski definition) is 4. The third kappa shape index (κ3) is 4.91. The largest absolute Gasteiger partial charge is 0.455 e. The van der Waals surface area contributed by atoms with Gasteiger partial charge in [-0.3, -0.25) is 0 Å². The van der Waals surface area contributed by atoms with Crippen LogP contribution in [0.2, 0.25) is 0 Å². The first-order valence-corrected chi connectivity index (χ1v) is 16.0. The van der Waals surface area contributed by atoms with Crippen molar-refractivity contribution in [2.75, 3.05) is 0 Å². The summed E-state index contributed by atoms with van der Waals surface area (Å²) in [5.41, 5.74) is 8.01. The average Bonchev–Trinajstić information content (AvgIpc) is 3.54. The molecule has 1 aliphatic rings. The smallest absolute Gasteiger partial charge is 0.164 e. The number of furan rings is 1. The van der Waals surface area contributed by atoms with E-state index in [0.29, 0.717) is 23.4 Å². The molecule has 1 unspecified atom stereocenters. The van der Waals surface area contributed by atoms with Crippen molar-refractivity contribution in [3.8, 4) is 33.9 Å². The molecule has 0 bridgehead atoms. The number of para-hydroxylation sites is 1. The number of nitrogens with zero attached hydrogens (tertiary/aromatic N) is 3. The second-order valence-corrected chi connectivity index (χ2v) is 12.0. The molecule has 0 spiro atoms. The molecule has 9 rings (SSSR count). The quantitative estimate of drug-likeness (QED) is 0.196. The van der Waals surface area contributed by atoms with Crippen LogP contribution in [0.1, 0.15) is 23.7 Å².